The zero-order valence-electron chi connectivity index (χ0n) is 10.8. The molecule has 0 aliphatic carbocycles. The molecule has 2 heterocycles. The topological polar surface area (TPSA) is 46.0 Å². The summed E-state index contributed by atoms with van der Waals surface area (Å²) in [5, 5.41) is 11.3. The summed E-state index contributed by atoms with van der Waals surface area (Å²) in [4.78, 5) is 2.33. The van der Waals surface area contributed by atoms with Crippen molar-refractivity contribution in [2.45, 2.75) is 19.6 Å². The summed E-state index contributed by atoms with van der Waals surface area (Å²) in [5.41, 5.74) is 2.49. The highest BCUT2D eigenvalue weighted by Gasteiger charge is 2.18. The van der Waals surface area contributed by atoms with Crippen LogP contribution in [0.4, 0.5) is 5.69 Å². The van der Waals surface area contributed by atoms with Crippen LogP contribution < -0.4 is 10.2 Å². The zero-order valence-corrected chi connectivity index (χ0v) is 12.4. The van der Waals surface area contributed by atoms with E-state index in [-0.39, 0.29) is 0 Å². The van der Waals surface area contributed by atoms with Gasteiger partial charge in [-0.15, -0.1) is 10.2 Å². The summed E-state index contributed by atoms with van der Waals surface area (Å²) in [6.45, 7) is 3.62. The molecule has 100 valence electrons. The molecule has 0 unspecified atom stereocenters. The highest BCUT2D eigenvalue weighted by Crippen LogP contribution is 2.26. The van der Waals surface area contributed by atoms with Gasteiger partial charge in [-0.3, -0.25) is 0 Å². The molecule has 1 aromatic heterocycles. The Kier molecular flexibility index (Phi) is 3.52. The Morgan fingerprint density at radius 2 is 2.26 bits per heavy atom. The highest BCUT2D eigenvalue weighted by molar-refractivity contribution is 9.10. The fraction of sp³-hybridized carbons (Fsp3) is 0.385. The van der Waals surface area contributed by atoms with E-state index < -0.39 is 0 Å². The van der Waals surface area contributed by atoms with Crippen LogP contribution in [0.1, 0.15) is 11.4 Å². The van der Waals surface area contributed by atoms with Crippen LogP contribution >= 0.6 is 15.9 Å². The van der Waals surface area contributed by atoms with Gasteiger partial charge in [0, 0.05) is 29.8 Å². The van der Waals surface area contributed by atoms with Crippen molar-refractivity contribution in [1.29, 1.82) is 0 Å². The number of hydrogen-bond donors (Lipinski definition) is 1. The summed E-state index contributed by atoms with van der Waals surface area (Å²) in [5.74, 6) is 1.03. The Morgan fingerprint density at radius 1 is 1.37 bits per heavy atom. The fourth-order valence-corrected chi connectivity index (χ4v) is 2.86. The maximum Gasteiger partial charge on any atom is 0.152 e. The van der Waals surface area contributed by atoms with Gasteiger partial charge < -0.3 is 14.8 Å². The van der Waals surface area contributed by atoms with Gasteiger partial charge >= 0.3 is 0 Å². The molecule has 5 nitrogen and oxygen atoms in total. The Morgan fingerprint density at radius 3 is 3.05 bits per heavy atom. The van der Waals surface area contributed by atoms with Crippen LogP contribution in [-0.2, 0) is 19.6 Å². The van der Waals surface area contributed by atoms with Crippen molar-refractivity contribution < 1.29 is 0 Å². The predicted molar refractivity (Wildman–Crippen MR) is 78.0 cm³/mol. The van der Waals surface area contributed by atoms with Gasteiger partial charge in [-0.05, 0) is 24.7 Å². The van der Waals surface area contributed by atoms with Crippen LogP contribution in [0.5, 0.6) is 0 Å². The quantitative estimate of drug-likeness (QED) is 0.936. The number of rotatable bonds is 3. The first kappa shape index (κ1) is 12.6. The second-order valence-corrected chi connectivity index (χ2v) is 5.52. The number of nitrogens with zero attached hydrogens (tertiary/aromatic N) is 4. The van der Waals surface area contributed by atoms with Crippen LogP contribution in [0.25, 0.3) is 0 Å². The van der Waals surface area contributed by atoms with E-state index in [2.05, 4.69) is 59.1 Å². The molecule has 1 aliphatic rings. The van der Waals surface area contributed by atoms with E-state index in [0.29, 0.717) is 0 Å². The molecule has 0 saturated carbocycles. The first-order valence-electron chi connectivity index (χ1n) is 6.32. The van der Waals surface area contributed by atoms with Gasteiger partial charge in [0.1, 0.15) is 6.33 Å². The monoisotopic (exact) mass is 321 g/mol. The molecule has 1 N–H and O–H groups in total. The molecule has 3 rings (SSSR count). The lowest BCUT2D eigenvalue weighted by molar-refractivity contribution is 0.560. The smallest absolute Gasteiger partial charge is 0.152 e. The molecule has 19 heavy (non-hydrogen) atoms. The number of aromatic nitrogens is 3. The maximum absolute atomic E-state index is 4.15. The first-order valence-corrected chi connectivity index (χ1v) is 7.12. The minimum Gasteiger partial charge on any atom is -0.362 e. The van der Waals surface area contributed by atoms with E-state index in [1.54, 1.807) is 6.33 Å². The van der Waals surface area contributed by atoms with Crippen molar-refractivity contribution in [2.24, 2.45) is 0 Å². The molecule has 0 bridgehead atoms. The van der Waals surface area contributed by atoms with Crippen LogP contribution in [-0.4, -0.2) is 28.4 Å². The van der Waals surface area contributed by atoms with Crippen molar-refractivity contribution in [3.05, 3.63) is 40.4 Å². The summed E-state index contributed by atoms with van der Waals surface area (Å²) < 4.78 is 3.26. The molecule has 2 aromatic rings. The average molecular weight is 322 g/mol. The summed E-state index contributed by atoms with van der Waals surface area (Å²) in [7, 11) is 1.96. The molecule has 6 heteroatoms. The molecule has 1 aliphatic heterocycles. The summed E-state index contributed by atoms with van der Waals surface area (Å²) in [6.07, 6.45) is 1.80. The molecule has 0 fully saturated rings. The molecule has 0 amide bonds. The van der Waals surface area contributed by atoms with Crippen molar-refractivity contribution in [1.82, 2.24) is 20.1 Å². The van der Waals surface area contributed by atoms with Crippen molar-refractivity contribution in [2.75, 3.05) is 18.5 Å². The van der Waals surface area contributed by atoms with E-state index in [1.165, 1.54) is 11.3 Å². The largest absolute Gasteiger partial charge is 0.362 e. The van der Waals surface area contributed by atoms with Gasteiger partial charge in [-0.2, -0.15) is 0 Å². The van der Waals surface area contributed by atoms with E-state index in [9.17, 15) is 0 Å². The van der Waals surface area contributed by atoms with Crippen LogP contribution in [0.15, 0.2) is 29.0 Å². The molecule has 0 radical (unpaired) electrons. The van der Waals surface area contributed by atoms with Gasteiger partial charge in [0.05, 0.1) is 6.54 Å². The minimum absolute atomic E-state index is 0.817. The second kappa shape index (κ2) is 5.30. The van der Waals surface area contributed by atoms with Crippen molar-refractivity contribution in [3.8, 4) is 0 Å². The normalized spacial score (nSPS) is 14.5. The minimum atomic E-state index is 0.817. The number of nitrogens with one attached hydrogen (secondary N) is 1. The third-order valence-corrected chi connectivity index (χ3v) is 4.15. The van der Waals surface area contributed by atoms with E-state index in [4.69, 9.17) is 0 Å². The van der Waals surface area contributed by atoms with E-state index in [0.717, 1.165) is 36.5 Å². The van der Waals surface area contributed by atoms with Crippen molar-refractivity contribution >= 4 is 21.6 Å². The van der Waals surface area contributed by atoms with E-state index in [1.807, 2.05) is 7.05 Å². The molecular formula is C13H16BrN5. The SMILES string of the molecule is CNCc1ccc(N2CCn3cnnc3C2)cc1Br. The molecule has 0 spiro atoms. The summed E-state index contributed by atoms with van der Waals surface area (Å²) >= 11 is 3.64. The van der Waals surface area contributed by atoms with Crippen LogP contribution in [0, 0.1) is 0 Å². The van der Waals surface area contributed by atoms with E-state index >= 15 is 0 Å². The standard InChI is InChI=1S/C13H16BrN5/c1-15-7-10-2-3-11(6-12(10)14)18-4-5-19-9-16-17-13(19)8-18/h2-3,6,9,15H,4-5,7-8H2,1H3. The van der Waals surface area contributed by atoms with Crippen LogP contribution in [0.3, 0.4) is 0 Å². The third-order valence-electron chi connectivity index (χ3n) is 3.41. The number of hydrogen-bond acceptors (Lipinski definition) is 4. The first-order chi connectivity index (χ1) is 9.28. The highest BCUT2D eigenvalue weighted by atomic mass is 79.9. The van der Waals surface area contributed by atoms with Crippen molar-refractivity contribution in [3.63, 3.8) is 0 Å². The number of fused-ring (bicyclic) bond motifs is 1. The third kappa shape index (κ3) is 2.50. The van der Waals surface area contributed by atoms with Gasteiger partial charge in [0.2, 0.25) is 0 Å². The van der Waals surface area contributed by atoms with Gasteiger partial charge in [0.15, 0.2) is 5.82 Å². The van der Waals surface area contributed by atoms with Gasteiger partial charge in [0.25, 0.3) is 0 Å². The molecule has 0 atom stereocenters. The maximum atomic E-state index is 4.15. The average Bonchev–Trinajstić information content (AvgIpc) is 2.88. The fourth-order valence-electron chi connectivity index (χ4n) is 2.35. The predicted octanol–water partition coefficient (Wildman–Crippen LogP) is 1.78. The van der Waals surface area contributed by atoms with Crippen LogP contribution in [0.2, 0.25) is 0 Å². The molecule has 1 aromatic carbocycles. The summed E-state index contributed by atoms with van der Waals surface area (Å²) in [6, 6.07) is 6.51. The number of benzene rings is 1. The van der Waals surface area contributed by atoms with Gasteiger partial charge in [-0.1, -0.05) is 22.0 Å². The second-order valence-electron chi connectivity index (χ2n) is 4.67. The lowest BCUT2D eigenvalue weighted by atomic mass is 10.2. The number of halogens is 1. The lowest BCUT2D eigenvalue weighted by Crippen LogP contribution is -2.33. The Bertz CT molecular complexity index is 580. The van der Waals surface area contributed by atoms with Gasteiger partial charge in [-0.25, -0.2) is 0 Å². The molecule has 0 saturated heterocycles. The zero-order chi connectivity index (χ0) is 13.2. The lowest BCUT2D eigenvalue weighted by Gasteiger charge is -2.29. The Labute approximate surface area is 120 Å². The Balaban J connectivity index is 1.82. The Hall–Kier alpha value is -1.40. The molecular weight excluding hydrogens is 306 g/mol. The number of anilines is 1.